The maximum absolute atomic E-state index is 13.4. The fourth-order valence-electron chi connectivity index (χ4n) is 3.32. The van der Waals surface area contributed by atoms with Crippen LogP contribution >= 0.6 is 0 Å². The highest BCUT2D eigenvalue weighted by Gasteiger charge is 2.43. The molecule has 1 aliphatic rings. The van der Waals surface area contributed by atoms with Crippen LogP contribution in [0.15, 0.2) is 36.4 Å². The molecule has 2 aromatic rings. The van der Waals surface area contributed by atoms with Crippen molar-refractivity contribution in [2.75, 3.05) is 15.5 Å². The van der Waals surface area contributed by atoms with Crippen LogP contribution in [-0.2, 0) is 4.79 Å². The SMILES string of the molecule is CC1(C)Oc2cc(N)c(N(C(=O)O)C(C)(C)C)cc2N(c2ccc(F)cc2)C1=O. The number of anilines is 4. The predicted octanol–water partition coefficient (Wildman–Crippen LogP) is 4.53. The summed E-state index contributed by atoms with van der Waals surface area (Å²) < 4.78 is 19.3. The van der Waals surface area contributed by atoms with Gasteiger partial charge >= 0.3 is 6.09 Å². The van der Waals surface area contributed by atoms with E-state index in [0.717, 1.165) is 4.90 Å². The van der Waals surface area contributed by atoms with Crippen LogP contribution in [0, 0.1) is 5.82 Å². The fraction of sp³-hybridized carbons (Fsp3) is 0.333. The predicted molar refractivity (Wildman–Crippen MR) is 109 cm³/mol. The van der Waals surface area contributed by atoms with E-state index in [1.807, 2.05) is 0 Å². The molecule has 0 saturated carbocycles. The number of nitrogens with two attached hydrogens (primary N) is 1. The van der Waals surface area contributed by atoms with Crippen LogP contribution in [0.4, 0.5) is 31.9 Å². The Labute approximate surface area is 168 Å². The molecule has 1 heterocycles. The van der Waals surface area contributed by atoms with Gasteiger partial charge in [0.05, 0.1) is 17.1 Å². The molecule has 0 unspecified atom stereocenters. The Morgan fingerprint density at radius 1 is 1.21 bits per heavy atom. The van der Waals surface area contributed by atoms with E-state index in [9.17, 15) is 19.1 Å². The Kier molecular flexibility index (Phi) is 4.69. The Bertz CT molecular complexity index is 981. The second kappa shape index (κ2) is 6.65. The molecule has 0 aromatic heterocycles. The fourth-order valence-corrected chi connectivity index (χ4v) is 3.32. The molecule has 0 bridgehead atoms. The van der Waals surface area contributed by atoms with Crippen molar-refractivity contribution < 1.29 is 23.8 Å². The molecular weight excluding hydrogens is 377 g/mol. The number of carbonyl (C=O) groups excluding carboxylic acids is 1. The third-order valence-electron chi connectivity index (χ3n) is 4.62. The lowest BCUT2D eigenvalue weighted by Gasteiger charge is -2.40. The Hall–Kier alpha value is -3.29. The van der Waals surface area contributed by atoms with Crippen LogP contribution in [0.1, 0.15) is 34.6 Å². The van der Waals surface area contributed by atoms with Gasteiger partial charge in [0.2, 0.25) is 0 Å². The van der Waals surface area contributed by atoms with Crippen molar-refractivity contribution in [1.82, 2.24) is 0 Å². The van der Waals surface area contributed by atoms with Crippen LogP contribution in [0.25, 0.3) is 0 Å². The molecule has 3 N–H and O–H groups in total. The summed E-state index contributed by atoms with van der Waals surface area (Å²) in [6.07, 6.45) is -1.18. The number of amides is 2. The first-order valence-corrected chi connectivity index (χ1v) is 9.09. The summed E-state index contributed by atoms with van der Waals surface area (Å²) in [7, 11) is 0. The number of rotatable bonds is 2. The molecule has 0 radical (unpaired) electrons. The molecule has 8 heteroatoms. The number of ether oxygens (including phenoxy) is 1. The van der Waals surface area contributed by atoms with Gasteiger partial charge in [0.25, 0.3) is 5.91 Å². The van der Waals surface area contributed by atoms with E-state index in [-0.39, 0.29) is 17.3 Å². The van der Waals surface area contributed by atoms with Gasteiger partial charge in [-0.2, -0.15) is 0 Å². The van der Waals surface area contributed by atoms with Crippen LogP contribution in [-0.4, -0.2) is 28.2 Å². The Balaban J connectivity index is 2.26. The summed E-state index contributed by atoms with van der Waals surface area (Å²) in [6, 6.07) is 8.49. The molecular formula is C21H24FN3O4. The van der Waals surface area contributed by atoms with E-state index in [1.54, 1.807) is 34.6 Å². The molecule has 0 atom stereocenters. The first-order valence-electron chi connectivity index (χ1n) is 9.09. The lowest BCUT2D eigenvalue weighted by atomic mass is 10.0. The third kappa shape index (κ3) is 3.57. The zero-order valence-electron chi connectivity index (χ0n) is 17.0. The van der Waals surface area contributed by atoms with Crippen molar-refractivity contribution in [3.8, 4) is 5.75 Å². The van der Waals surface area contributed by atoms with Crippen molar-refractivity contribution in [1.29, 1.82) is 0 Å². The molecule has 2 aromatic carbocycles. The molecule has 0 fully saturated rings. The van der Waals surface area contributed by atoms with E-state index in [4.69, 9.17) is 10.5 Å². The highest BCUT2D eigenvalue weighted by molar-refractivity contribution is 6.09. The van der Waals surface area contributed by atoms with Gasteiger partial charge < -0.3 is 15.6 Å². The normalized spacial score (nSPS) is 15.5. The highest BCUT2D eigenvalue weighted by atomic mass is 19.1. The zero-order chi connectivity index (χ0) is 21.7. The minimum atomic E-state index is -1.19. The smallest absolute Gasteiger partial charge is 0.412 e. The molecule has 0 saturated heterocycles. The Morgan fingerprint density at radius 3 is 2.31 bits per heavy atom. The minimum Gasteiger partial charge on any atom is -0.476 e. The molecule has 7 nitrogen and oxygen atoms in total. The molecule has 3 rings (SSSR count). The molecule has 0 aliphatic carbocycles. The monoisotopic (exact) mass is 401 g/mol. The number of hydrogen-bond acceptors (Lipinski definition) is 4. The first-order chi connectivity index (χ1) is 13.3. The van der Waals surface area contributed by atoms with Gasteiger partial charge in [-0.05, 0) is 65.0 Å². The molecule has 0 spiro atoms. The van der Waals surface area contributed by atoms with Crippen LogP contribution in [0.2, 0.25) is 0 Å². The minimum absolute atomic E-state index is 0.199. The maximum atomic E-state index is 13.4. The van der Waals surface area contributed by atoms with Gasteiger partial charge in [0, 0.05) is 17.3 Å². The van der Waals surface area contributed by atoms with Crippen LogP contribution in [0.5, 0.6) is 5.75 Å². The summed E-state index contributed by atoms with van der Waals surface area (Å²) in [6.45, 7) is 8.46. The molecule has 2 amide bonds. The lowest BCUT2D eigenvalue weighted by Crippen LogP contribution is -2.51. The van der Waals surface area contributed by atoms with Crippen LogP contribution < -0.4 is 20.3 Å². The number of carboxylic acid groups (broad SMARTS) is 1. The number of benzene rings is 2. The summed E-state index contributed by atoms with van der Waals surface area (Å²) in [4.78, 5) is 27.6. The van der Waals surface area contributed by atoms with Crippen molar-refractivity contribution in [3.63, 3.8) is 0 Å². The summed E-state index contributed by atoms with van der Waals surface area (Å²) >= 11 is 0. The highest BCUT2D eigenvalue weighted by Crippen LogP contribution is 2.47. The van der Waals surface area contributed by atoms with Gasteiger partial charge in [-0.1, -0.05) is 0 Å². The van der Waals surface area contributed by atoms with E-state index in [0.29, 0.717) is 17.1 Å². The summed E-state index contributed by atoms with van der Waals surface area (Å²) in [5.41, 5.74) is 5.39. The maximum Gasteiger partial charge on any atom is 0.412 e. The average molecular weight is 401 g/mol. The zero-order valence-corrected chi connectivity index (χ0v) is 17.0. The van der Waals surface area contributed by atoms with E-state index < -0.39 is 23.1 Å². The van der Waals surface area contributed by atoms with Gasteiger partial charge in [-0.3, -0.25) is 14.6 Å². The summed E-state index contributed by atoms with van der Waals surface area (Å²) in [5.74, 6) is -0.471. The summed E-state index contributed by atoms with van der Waals surface area (Å²) in [5, 5.41) is 9.76. The van der Waals surface area contributed by atoms with Gasteiger partial charge in [0.15, 0.2) is 5.60 Å². The van der Waals surface area contributed by atoms with Gasteiger partial charge in [-0.25, -0.2) is 9.18 Å². The lowest BCUT2D eigenvalue weighted by molar-refractivity contribution is -0.131. The number of hydrogen-bond donors (Lipinski definition) is 2. The number of fused-ring (bicyclic) bond motifs is 1. The van der Waals surface area contributed by atoms with Gasteiger partial charge in [-0.15, -0.1) is 0 Å². The average Bonchev–Trinajstić information content (AvgIpc) is 2.57. The van der Waals surface area contributed by atoms with E-state index >= 15 is 0 Å². The second-order valence-corrected chi connectivity index (χ2v) is 8.40. The topological polar surface area (TPSA) is 96.1 Å². The van der Waals surface area contributed by atoms with Crippen molar-refractivity contribution in [2.24, 2.45) is 0 Å². The van der Waals surface area contributed by atoms with Gasteiger partial charge in [0.1, 0.15) is 11.6 Å². The second-order valence-electron chi connectivity index (χ2n) is 8.40. The number of halogens is 1. The van der Waals surface area contributed by atoms with Crippen molar-refractivity contribution in [2.45, 2.75) is 45.8 Å². The number of nitrogens with zero attached hydrogens (tertiary/aromatic N) is 2. The quantitative estimate of drug-likeness (QED) is 0.721. The van der Waals surface area contributed by atoms with Crippen molar-refractivity contribution in [3.05, 3.63) is 42.2 Å². The molecule has 1 aliphatic heterocycles. The standard InChI is InChI=1S/C21H24FN3O4/c1-20(2,3)25(19(27)28)15-11-16-17(10-14(15)23)29-21(4,5)18(26)24(16)13-8-6-12(22)7-9-13/h6-11H,23H2,1-5H3,(H,27,28). The first kappa shape index (κ1) is 20.4. The molecule has 154 valence electrons. The number of carbonyl (C=O) groups is 2. The largest absolute Gasteiger partial charge is 0.476 e. The van der Waals surface area contributed by atoms with Crippen LogP contribution in [0.3, 0.4) is 0 Å². The molecule has 29 heavy (non-hydrogen) atoms. The van der Waals surface area contributed by atoms with Crippen molar-refractivity contribution >= 4 is 34.7 Å². The Morgan fingerprint density at radius 2 is 1.79 bits per heavy atom. The van der Waals surface area contributed by atoms with E-state index in [2.05, 4.69) is 0 Å². The number of nitrogen functional groups attached to an aromatic ring is 1. The third-order valence-corrected chi connectivity index (χ3v) is 4.62. The van der Waals surface area contributed by atoms with E-state index in [1.165, 1.54) is 41.3 Å².